The van der Waals surface area contributed by atoms with E-state index in [4.69, 9.17) is 17.3 Å². The Labute approximate surface area is 133 Å². The number of halogens is 2. The van der Waals surface area contributed by atoms with E-state index >= 15 is 0 Å². The number of aromatic nitrogens is 2. The van der Waals surface area contributed by atoms with Crippen LogP contribution in [0.5, 0.6) is 0 Å². The highest BCUT2D eigenvalue weighted by atomic mass is 35.5. The average molecular weight is 316 g/mol. The maximum Gasteiger partial charge on any atom is 0.132 e. The Bertz CT molecular complexity index is 781. The van der Waals surface area contributed by atoms with Crippen LogP contribution in [0.1, 0.15) is 5.69 Å². The Kier molecular flexibility index (Phi) is 4.22. The quantitative estimate of drug-likeness (QED) is 0.795. The molecule has 0 saturated carbocycles. The molecule has 112 valence electrons. The van der Waals surface area contributed by atoms with Gasteiger partial charge in [-0.25, -0.2) is 9.07 Å². The van der Waals surface area contributed by atoms with E-state index < -0.39 is 0 Å². The van der Waals surface area contributed by atoms with Gasteiger partial charge in [-0.15, -0.1) is 0 Å². The van der Waals surface area contributed by atoms with Crippen molar-refractivity contribution in [1.82, 2.24) is 9.78 Å². The smallest absolute Gasteiger partial charge is 0.132 e. The number of benzene rings is 2. The third-order valence-electron chi connectivity index (χ3n) is 3.38. The van der Waals surface area contributed by atoms with E-state index in [9.17, 15) is 4.39 Å². The molecule has 0 aliphatic carbocycles. The highest BCUT2D eigenvalue weighted by Crippen LogP contribution is 2.27. The van der Waals surface area contributed by atoms with Crippen LogP contribution in [0.15, 0.2) is 54.6 Å². The molecular weight excluding hydrogens is 301 g/mol. The summed E-state index contributed by atoms with van der Waals surface area (Å²) in [6, 6.07) is 15.8. The molecule has 22 heavy (non-hydrogen) atoms. The second kappa shape index (κ2) is 6.30. The van der Waals surface area contributed by atoms with Crippen LogP contribution in [0.3, 0.4) is 0 Å². The Morgan fingerprint density at radius 2 is 1.82 bits per heavy atom. The van der Waals surface area contributed by atoms with Crippen LogP contribution in [-0.4, -0.2) is 16.3 Å². The minimum absolute atomic E-state index is 0.281. The molecule has 0 bridgehead atoms. The predicted octanol–water partition coefficient (Wildman–Crippen LogP) is 3.83. The Morgan fingerprint density at radius 3 is 2.50 bits per heavy atom. The fourth-order valence-corrected chi connectivity index (χ4v) is 2.47. The summed E-state index contributed by atoms with van der Waals surface area (Å²) in [6.45, 7) is 0.494. The average Bonchev–Trinajstić information content (AvgIpc) is 2.93. The van der Waals surface area contributed by atoms with Crippen LogP contribution >= 0.6 is 11.6 Å². The van der Waals surface area contributed by atoms with Gasteiger partial charge >= 0.3 is 0 Å². The first-order valence-corrected chi connectivity index (χ1v) is 7.36. The molecule has 1 aromatic heterocycles. The van der Waals surface area contributed by atoms with E-state index in [-0.39, 0.29) is 5.82 Å². The molecule has 2 aromatic carbocycles. The van der Waals surface area contributed by atoms with Crippen molar-refractivity contribution in [1.29, 1.82) is 0 Å². The van der Waals surface area contributed by atoms with Crippen LogP contribution in [0.2, 0.25) is 5.02 Å². The first-order chi connectivity index (χ1) is 10.7. The lowest BCUT2D eigenvalue weighted by atomic mass is 10.1. The largest absolute Gasteiger partial charge is 0.330 e. The first kappa shape index (κ1) is 14.8. The summed E-state index contributed by atoms with van der Waals surface area (Å²) in [5.41, 5.74) is 8.47. The number of rotatable bonds is 4. The minimum Gasteiger partial charge on any atom is -0.330 e. The van der Waals surface area contributed by atoms with Crippen molar-refractivity contribution in [3.8, 4) is 16.9 Å². The summed E-state index contributed by atoms with van der Waals surface area (Å²) < 4.78 is 15.9. The molecule has 0 atom stereocenters. The van der Waals surface area contributed by atoms with Gasteiger partial charge in [-0.2, -0.15) is 5.10 Å². The van der Waals surface area contributed by atoms with Crippen molar-refractivity contribution in [3.63, 3.8) is 0 Å². The number of hydrogen-bond donors (Lipinski definition) is 1. The molecule has 0 amide bonds. The molecule has 3 rings (SSSR count). The highest BCUT2D eigenvalue weighted by Gasteiger charge is 2.14. The molecule has 0 radical (unpaired) electrons. The summed E-state index contributed by atoms with van der Waals surface area (Å²) >= 11 is 5.93. The van der Waals surface area contributed by atoms with Gasteiger partial charge in [-0.3, -0.25) is 0 Å². The molecule has 0 aliphatic heterocycles. The highest BCUT2D eigenvalue weighted by molar-refractivity contribution is 6.30. The van der Waals surface area contributed by atoms with Gasteiger partial charge in [-0.05, 0) is 49.0 Å². The zero-order valence-electron chi connectivity index (χ0n) is 11.8. The molecule has 1 heterocycles. The normalized spacial score (nSPS) is 10.9. The number of nitrogens with two attached hydrogens (primary N) is 1. The zero-order chi connectivity index (χ0) is 15.5. The third-order valence-corrected chi connectivity index (χ3v) is 3.63. The van der Waals surface area contributed by atoms with E-state index in [1.807, 2.05) is 18.2 Å². The first-order valence-electron chi connectivity index (χ1n) is 6.99. The van der Waals surface area contributed by atoms with Gasteiger partial charge in [-0.1, -0.05) is 23.7 Å². The van der Waals surface area contributed by atoms with Gasteiger partial charge in [0.2, 0.25) is 0 Å². The molecule has 0 aliphatic rings. The van der Waals surface area contributed by atoms with Crippen molar-refractivity contribution in [2.45, 2.75) is 6.42 Å². The number of hydrogen-bond acceptors (Lipinski definition) is 2. The van der Waals surface area contributed by atoms with Crippen LogP contribution in [0.25, 0.3) is 16.9 Å². The fourth-order valence-electron chi connectivity index (χ4n) is 2.34. The van der Waals surface area contributed by atoms with Crippen LogP contribution in [0.4, 0.5) is 4.39 Å². The Balaban J connectivity index is 2.16. The minimum atomic E-state index is -0.281. The second-order valence-electron chi connectivity index (χ2n) is 4.93. The summed E-state index contributed by atoms with van der Waals surface area (Å²) in [5.74, 6) is -0.281. The fraction of sp³-hybridized carbons (Fsp3) is 0.118. The van der Waals surface area contributed by atoms with Gasteiger partial charge in [0.05, 0.1) is 17.1 Å². The molecule has 0 saturated heterocycles. The summed E-state index contributed by atoms with van der Waals surface area (Å²) in [6.07, 6.45) is 0.641. The van der Waals surface area contributed by atoms with E-state index in [0.717, 1.165) is 11.4 Å². The van der Waals surface area contributed by atoms with Crippen LogP contribution < -0.4 is 5.73 Å². The van der Waals surface area contributed by atoms with Crippen molar-refractivity contribution in [2.75, 3.05) is 6.54 Å². The van der Waals surface area contributed by atoms with Crippen molar-refractivity contribution in [2.24, 2.45) is 5.73 Å². The van der Waals surface area contributed by atoms with Gasteiger partial charge in [0.15, 0.2) is 0 Å². The molecule has 5 heteroatoms. The van der Waals surface area contributed by atoms with Crippen LogP contribution in [-0.2, 0) is 6.42 Å². The maximum atomic E-state index is 14.1. The second-order valence-corrected chi connectivity index (χ2v) is 5.36. The molecular formula is C17H15ClFN3. The van der Waals surface area contributed by atoms with Crippen molar-refractivity contribution < 1.29 is 4.39 Å². The van der Waals surface area contributed by atoms with Crippen molar-refractivity contribution in [3.05, 3.63) is 71.1 Å². The van der Waals surface area contributed by atoms with Gasteiger partial charge < -0.3 is 5.73 Å². The third kappa shape index (κ3) is 2.89. The van der Waals surface area contributed by atoms with Gasteiger partial charge in [0.1, 0.15) is 5.82 Å². The van der Waals surface area contributed by atoms with Crippen LogP contribution in [0, 0.1) is 5.82 Å². The Hall–Kier alpha value is -2.17. The lowest BCUT2D eigenvalue weighted by molar-refractivity contribution is 0.629. The molecule has 0 fully saturated rings. The number of nitrogens with zero attached hydrogens (tertiary/aromatic N) is 2. The summed E-state index contributed by atoms with van der Waals surface area (Å²) in [7, 11) is 0. The molecule has 3 nitrogen and oxygen atoms in total. The van der Waals surface area contributed by atoms with Crippen molar-refractivity contribution >= 4 is 11.6 Å². The summed E-state index contributed by atoms with van der Waals surface area (Å²) in [5, 5.41) is 5.19. The zero-order valence-corrected chi connectivity index (χ0v) is 12.6. The van der Waals surface area contributed by atoms with Gasteiger partial charge in [0.25, 0.3) is 0 Å². The van der Waals surface area contributed by atoms with Gasteiger partial charge in [0, 0.05) is 17.0 Å². The SMILES string of the molecule is NCCc1cc(-c2ccccc2F)n(-c2ccc(Cl)cc2)n1. The van der Waals surface area contributed by atoms with E-state index in [1.54, 1.807) is 35.0 Å². The monoisotopic (exact) mass is 315 g/mol. The van der Waals surface area contributed by atoms with E-state index in [1.165, 1.54) is 6.07 Å². The lowest BCUT2D eigenvalue weighted by Crippen LogP contribution is -2.04. The maximum absolute atomic E-state index is 14.1. The topological polar surface area (TPSA) is 43.8 Å². The molecule has 3 aromatic rings. The summed E-state index contributed by atoms with van der Waals surface area (Å²) in [4.78, 5) is 0. The molecule has 2 N–H and O–H groups in total. The van der Waals surface area contributed by atoms with E-state index in [2.05, 4.69) is 5.10 Å². The predicted molar refractivity (Wildman–Crippen MR) is 86.7 cm³/mol. The lowest BCUT2D eigenvalue weighted by Gasteiger charge is -2.08. The molecule has 0 spiro atoms. The standard InChI is InChI=1S/C17H15ClFN3/c18-12-5-7-14(8-6-12)22-17(11-13(21-22)9-10-20)15-3-1-2-4-16(15)19/h1-8,11H,9-10,20H2. The van der Waals surface area contributed by atoms with E-state index in [0.29, 0.717) is 29.2 Å². The Morgan fingerprint density at radius 1 is 1.09 bits per heavy atom. The molecule has 0 unspecified atom stereocenters.